The van der Waals surface area contributed by atoms with Crippen LogP contribution in [0.4, 0.5) is 5.69 Å². The number of hydrogen-bond acceptors (Lipinski definition) is 4. The van der Waals surface area contributed by atoms with Crippen LogP contribution in [0.3, 0.4) is 0 Å². The van der Waals surface area contributed by atoms with Crippen LogP contribution in [0.2, 0.25) is 0 Å². The van der Waals surface area contributed by atoms with Gasteiger partial charge in [-0.1, -0.05) is 81.4 Å². The largest absolute Gasteiger partial charge is 0.359 e. The molecule has 0 radical (unpaired) electrons. The normalized spacial score (nSPS) is 15.6. The lowest BCUT2D eigenvalue weighted by molar-refractivity contribution is 0.460. The lowest BCUT2D eigenvalue weighted by atomic mass is 9.67. The predicted molar refractivity (Wildman–Crippen MR) is 211 cm³/mol. The molecule has 0 atom stereocenters. The summed E-state index contributed by atoms with van der Waals surface area (Å²) in [7, 11) is 2.17. The van der Waals surface area contributed by atoms with Crippen molar-refractivity contribution in [1.29, 1.82) is 0 Å². The molecular formula is C46H49N5. The molecule has 258 valence electrons. The van der Waals surface area contributed by atoms with Gasteiger partial charge in [0.25, 0.3) is 0 Å². The van der Waals surface area contributed by atoms with Crippen molar-refractivity contribution in [2.45, 2.75) is 78.6 Å². The third-order valence-corrected chi connectivity index (χ3v) is 11.9. The Morgan fingerprint density at radius 1 is 0.686 bits per heavy atom. The molecule has 0 fully saturated rings. The van der Waals surface area contributed by atoms with Gasteiger partial charge in [0, 0.05) is 47.1 Å². The van der Waals surface area contributed by atoms with Crippen molar-refractivity contribution in [3.05, 3.63) is 165 Å². The molecule has 0 amide bonds. The van der Waals surface area contributed by atoms with Crippen LogP contribution >= 0.6 is 0 Å². The summed E-state index contributed by atoms with van der Waals surface area (Å²) in [5.41, 5.74) is 17.1. The van der Waals surface area contributed by atoms with Gasteiger partial charge >= 0.3 is 0 Å². The molecule has 6 aromatic rings. The number of imidazole rings is 1. The van der Waals surface area contributed by atoms with Gasteiger partial charge in [0.15, 0.2) is 0 Å². The second kappa shape index (κ2) is 11.4. The van der Waals surface area contributed by atoms with Crippen molar-refractivity contribution in [2.24, 2.45) is 0 Å². The van der Waals surface area contributed by atoms with E-state index in [1.54, 1.807) is 0 Å². The maximum Gasteiger partial charge on any atom is 0.137 e. The van der Waals surface area contributed by atoms with Crippen molar-refractivity contribution >= 4 is 11.3 Å². The Hall–Kier alpha value is -5.16. The Morgan fingerprint density at radius 2 is 1.35 bits per heavy atom. The van der Waals surface area contributed by atoms with E-state index in [1.807, 2.05) is 6.20 Å². The molecule has 5 heteroatoms. The molecule has 0 N–H and O–H groups in total. The monoisotopic (exact) mass is 671 g/mol. The zero-order valence-corrected chi connectivity index (χ0v) is 31.8. The lowest BCUT2D eigenvalue weighted by Crippen LogP contribution is -2.32. The Morgan fingerprint density at radius 3 is 1.98 bits per heavy atom. The summed E-state index contributed by atoms with van der Waals surface area (Å²) in [6.45, 7) is 21.0. The zero-order valence-electron chi connectivity index (χ0n) is 31.8. The third kappa shape index (κ3) is 4.81. The molecule has 8 rings (SSSR count). The van der Waals surface area contributed by atoms with Gasteiger partial charge < -0.3 is 14.2 Å². The van der Waals surface area contributed by atoms with E-state index in [2.05, 4.69) is 181 Å². The van der Waals surface area contributed by atoms with Crippen molar-refractivity contribution in [2.75, 3.05) is 18.6 Å². The van der Waals surface area contributed by atoms with Gasteiger partial charge in [0.05, 0.1) is 23.5 Å². The second-order valence-electron chi connectivity index (χ2n) is 16.2. The molecule has 3 aromatic heterocycles. The summed E-state index contributed by atoms with van der Waals surface area (Å²) in [4.78, 5) is 15.0. The number of hydrogen-bond donors (Lipinski definition) is 0. The average Bonchev–Trinajstić information content (AvgIpc) is 3.69. The number of nitrogens with zero attached hydrogens (tertiary/aromatic N) is 5. The van der Waals surface area contributed by atoms with Crippen molar-refractivity contribution in [3.8, 4) is 11.1 Å². The second-order valence-corrected chi connectivity index (χ2v) is 16.2. The van der Waals surface area contributed by atoms with E-state index in [0.29, 0.717) is 0 Å². The summed E-state index contributed by atoms with van der Waals surface area (Å²) in [6.07, 6.45) is 1.98. The van der Waals surface area contributed by atoms with E-state index >= 15 is 0 Å². The number of pyridine rings is 2. The standard InChI is InChI=1S/C46H49N5/c1-29-30(2)51-42(45(8,9)41-25-33(22-23-47-41)44(5,6)7)26-35(27-43(51)48-29)46(39-20-13-11-18-37(39)38-19-12-14-21-40(38)46)34-16-15-17-36(24-34)50-28-49(10)31(3)32(50)4/h11-27H,28H2,1-10H3. The summed E-state index contributed by atoms with van der Waals surface area (Å²) in [5, 5.41) is 0. The molecular weight excluding hydrogens is 623 g/mol. The number of aryl methyl sites for hydroxylation is 2. The minimum Gasteiger partial charge on any atom is -0.359 e. The minimum absolute atomic E-state index is 0.00895. The molecule has 0 saturated carbocycles. The fourth-order valence-corrected chi connectivity index (χ4v) is 8.58. The van der Waals surface area contributed by atoms with Gasteiger partial charge in [0.2, 0.25) is 0 Å². The fraction of sp³-hybridized carbons (Fsp3) is 0.304. The quantitative estimate of drug-likeness (QED) is 0.183. The molecule has 1 aliphatic heterocycles. The lowest BCUT2D eigenvalue weighted by Gasteiger charge is -2.36. The molecule has 0 bridgehead atoms. The number of fused-ring (bicyclic) bond motifs is 4. The van der Waals surface area contributed by atoms with Crippen LogP contribution in [0.1, 0.15) is 99.1 Å². The average molecular weight is 672 g/mol. The van der Waals surface area contributed by atoms with Gasteiger partial charge in [-0.3, -0.25) is 4.98 Å². The van der Waals surface area contributed by atoms with Gasteiger partial charge in [-0.25, -0.2) is 4.98 Å². The van der Waals surface area contributed by atoms with Crippen LogP contribution in [0.15, 0.2) is 115 Å². The summed E-state index contributed by atoms with van der Waals surface area (Å²) in [5.74, 6) is 0. The van der Waals surface area contributed by atoms with Crippen LogP contribution in [0.25, 0.3) is 16.8 Å². The van der Waals surface area contributed by atoms with Crippen molar-refractivity contribution in [1.82, 2.24) is 19.3 Å². The third-order valence-electron chi connectivity index (χ3n) is 11.9. The maximum absolute atomic E-state index is 5.24. The Balaban J connectivity index is 1.46. The number of aromatic nitrogens is 3. The number of allylic oxidation sites excluding steroid dienone is 2. The maximum atomic E-state index is 5.24. The van der Waals surface area contributed by atoms with Gasteiger partial charge in [-0.2, -0.15) is 0 Å². The smallest absolute Gasteiger partial charge is 0.137 e. The molecule has 4 heterocycles. The number of anilines is 1. The predicted octanol–water partition coefficient (Wildman–Crippen LogP) is 10.3. The molecule has 0 spiro atoms. The van der Waals surface area contributed by atoms with Crippen LogP contribution in [-0.4, -0.2) is 33.0 Å². The number of rotatable bonds is 5. The summed E-state index contributed by atoms with van der Waals surface area (Å²) < 4.78 is 2.37. The first-order chi connectivity index (χ1) is 24.2. The van der Waals surface area contributed by atoms with Crippen molar-refractivity contribution in [3.63, 3.8) is 0 Å². The highest BCUT2D eigenvalue weighted by Crippen LogP contribution is 2.57. The first-order valence-corrected chi connectivity index (χ1v) is 18.2. The van der Waals surface area contributed by atoms with E-state index in [0.717, 1.165) is 29.4 Å². The van der Waals surface area contributed by atoms with Crippen LogP contribution in [0.5, 0.6) is 0 Å². The Labute approximate surface area is 303 Å². The van der Waals surface area contributed by atoms with E-state index in [4.69, 9.17) is 9.97 Å². The Bertz CT molecular complexity index is 2340. The fourth-order valence-electron chi connectivity index (χ4n) is 8.58. The molecule has 0 saturated heterocycles. The summed E-state index contributed by atoms with van der Waals surface area (Å²) in [6, 6.07) is 36.6. The molecule has 5 nitrogen and oxygen atoms in total. The van der Waals surface area contributed by atoms with Gasteiger partial charge in [-0.05, 0) is 122 Å². The highest BCUT2D eigenvalue weighted by atomic mass is 15.4. The highest BCUT2D eigenvalue weighted by Gasteiger charge is 2.47. The minimum atomic E-state index is -0.581. The summed E-state index contributed by atoms with van der Waals surface area (Å²) >= 11 is 0. The first kappa shape index (κ1) is 33.0. The van der Waals surface area contributed by atoms with E-state index < -0.39 is 10.8 Å². The molecule has 51 heavy (non-hydrogen) atoms. The highest BCUT2D eigenvalue weighted by molar-refractivity contribution is 5.87. The SMILES string of the molecule is CC1=C(C)N(c2cccc(C3(c4cc(C(C)(C)c5cc(C(C)(C)C)ccn5)n5c(C)c(C)nc5c4)c4ccccc4-c4ccccc43)c2)CN1C. The van der Waals surface area contributed by atoms with Crippen molar-refractivity contribution < 1.29 is 0 Å². The van der Waals surface area contributed by atoms with E-state index in [1.165, 1.54) is 61.7 Å². The number of benzene rings is 3. The van der Waals surface area contributed by atoms with Crippen LogP contribution in [-0.2, 0) is 16.2 Å². The molecule has 2 aliphatic rings. The first-order valence-electron chi connectivity index (χ1n) is 18.2. The van der Waals surface area contributed by atoms with Crippen LogP contribution in [0, 0.1) is 13.8 Å². The van der Waals surface area contributed by atoms with Gasteiger partial charge in [0.1, 0.15) is 5.65 Å². The van der Waals surface area contributed by atoms with E-state index in [9.17, 15) is 0 Å². The Kier molecular flexibility index (Phi) is 7.40. The zero-order chi connectivity index (χ0) is 36.0. The van der Waals surface area contributed by atoms with E-state index in [-0.39, 0.29) is 5.41 Å². The molecule has 0 unspecified atom stereocenters. The van der Waals surface area contributed by atoms with Crippen LogP contribution < -0.4 is 4.90 Å². The topological polar surface area (TPSA) is 36.7 Å². The van der Waals surface area contributed by atoms with Gasteiger partial charge in [-0.15, -0.1) is 0 Å². The molecule has 3 aromatic carbocycles. The molecule has 1 aliphatic carbocycles.